The number of ether oxygens (including phenoxy) is 1. The first-order valence-electron chi connectivity index (χ1n) is 8.25. The van der Waals surface area contributed by atoms with E-state index in [4.69, 9.17) is 16.3 Å². The molecule has 0 saturated heterocycles. The Labute approximate surface area is 161 Å². The van der Waals surface area contributed by atoms with Crippen LogP contribution in [0.2, 0.25) is 5.02 Å². The summed E-state index contributed by atoms with van der Waals surface area (Å²) in [4.78, 5) is 31.6. The van der Waals surface area contributed by atoms with Crippen molar-refractivity contribution in [2.24, 2.45) is 0 Å². The summed E-state index contributed by atoms with van der Waals surface area (Å²) in [6.45, 7) is 6.53. The number of benzene rings is 1. The third kappa shape index (κ3) is 4.53. The van der Waals surface area contributed by atoms with E-state index in [1.807, 2.05) is 20.8 Å². The Kier molecular flexibility index (Phi) is 5.20. The van der Waals surface area contributed by atoms with Gasteiger partial charge in [-0.2, -0.15) is 0 Å². The van der Waals surface area contributed by atoms with Crippen LogP contribution in [0.4, 0.5) is 9.93 Å². The highest BCUT2D eigenvalue weighted by molar-refractivity contribution is 7.15. The maximum Gasteiger partial charge on any atom is 0.410 e. The number of hydrogen-bond acceptors (Lipinski definition) is 5. The lowest BCUT2D eigenvalue weighted by atomic mass is 10.2. The monoisotopic (exact) mass is 393 g/mol. The van der Waals surface area contributed by atoms with E-state index >= 15 is 0 Å². The number of rotatable bonds is 2. The second kappa shape index (κ2) is 7.25. The molecule has 0 unspecified atom stereocenters. The van der Waals surface area contributed by atoms with Crippen LogP contribution < -0.4 is 5.32 Å². The van der Waals surface area contributed by atoms with Gasteiger partial charge in [-0.15, -0.1) is 0 Å². The van der Waals surface area contributed by atoms with Crippen molar-refractivity contribution in [2.75, 3.05) is 11.9 Å². The number of nitrogens with one attached hydrogen (secondary N) is 1. The predicted molar refractivity (Wildman–Crippen MR) is 102 cm³/mol. The van der Waals surface area contributed by atoms with Gasteiger partial charge in [-0.25, -0.2) is 9.78 Å². The number of aromatic nitrogens is 1. The lowest BCUT2D eigenvalue weighted by molar-refractivity contribution is 0.0225. The second-order valence-corrected chi connectivity index (χ2v) is 8.52. The van der Waals surface area contributed by atoms with Gasteiger partial charge in [0.15, 0.2) is 5.13 Å². The summed E-state index contributed by atoms with van der Waals surface area (Å²) in [5.41, 5.74) is 0.905. The van der Waals surface area contributed by atoms with Crippen molar-refractivity contribution < 1.29 is 14.3 Å². The van der Waals surface area contributed by atoms with E-state index < -0.39 is 5.60 Å². The van der Waals surface area contributed by atoms with Crippen molar-refractivity contribution in [2.45, 2.75) is 39.3 Å². The van der Waals surface area contributed by atoms with Gasteiger partial charge in [0.1, 0.15) is 5.60 Å². The van der Waals surface area contributed by atoms with Crippen molar-refractivity contribution in [3.05, 3.63) is 45.4 Å². The van der Waals surface area contributed by atoms with Gasteiger partial charge in [-0.1, -0.05) is 22.9 Å². The number of carbonyl (C=O) groups excluding carboxylic acids is 2. The summed E-state index contributed by atoms with van der Waals surface area (Å²) in [5.74, 6) is -0.239. The summed E-state index contributed by atoms with van der Waals surface area (Å²) >= 11 is 7.22. The Bertz CT molecular complexity index is 827. The SMILES string of the molecule is CC(C)(C)OC(=O)N1CCc2nc(NC(=O)c3ccc(Cl)cc3)sc2C1. The van der Waals surface area contributed by atoms with Gasteiger partial charge < -0.3 is 9.64 Å². The molecule has 2 amide bonds. The van der Waals surface area contributed by atoms with Crippen LogP contribution in [-0.4, -0.2) is 34.0 Å². The topological polar surface area (TPSA) is 71.5 Å². The summed E-state index contributed by atoms with van der Waals surface area (Å²) in [5, 5.41) is 3.91. The van der Waals surface area contributed by atoms with E-state index in [0.29, 0.717) is 35.2 Å². The molecule has 6 nitrogen and oxygen atoms in total. The first-order valence-corrected chi connectivity index (χ1v) is 9.44. The third-order valence-corrected chi connectivity index (χ3v) is 4.96. The zero-order chi connectivity index (χ0) is 18.9. The zero-order valence-electron chi connectivity index (χ0n) is 14.8. The smallest absolute Gasteiger partial charge is 0.410 e. The van der Waals surface area contributed by atoms with Crippen LogP contribution in [0.3, 0.4) is 0 Å². The molecule has 2 aromatic rings. The molecule has 2 heterocycles. The van der Waals surface area contributed by atoms with E-state index in [2.05, 4.69) is 10.3 Å². The highest BCUT2D eigenvalue weighted by Gasteiger charge is 2.28. The van der Waals surface area contributed by atoms with Gasteiger partial charge >= 0.3 is 6.09 Å². The van der Waals surface area contributed by atoms with Crippen LogP contribution in [0.5, 0.6) is 0 Å². The molecule has 8 heteroatoms. The first kappa shape index (κ1) is 18.7. The van der Waals surface area contributed by atoms with Crippen LogP contribution in [0.15, 0.2) is 24.3 Å². The molecule has 26 heavy (non-hydrogen) atoms. The van der Waals surface area contributed by atoms with Crippen LogP contribution >= 0.6 is 22.9 Å². The summed E-state index contributed by atoms with van der Waals surface area (Å²) in [7, 11) is 0. The van der Waals surface area contributed by atoms with Gasteiger partial charge in [0.05, 0.1) is 12.2 Å². The first-order chi connectivity index (χ1) is 12.2. The Morgan fingerprint density at radius 3 is 2.62 bits per heavy atom. The number of anilines is 1. The van der Waals surface area contributed by atoms with Crippen LogP contribution in [0.1, 0.15) is 41.7 Å². The molecule has 0 saturated carbocycles. The summed E-state index contributed by atoms with van der Waals surface area (Å²) in [6.07, 6.45) is 0.310. The predicted octanol–water partition coefficient (Wildman–Crippen LogP) is 4.34. The normalized spacial score (nSPS) is 13.9. The molecule has 0 radical (unpaired) electrons. The molecule has 0 atom stereocenters. The van der Waals surface area contributed by atoms with Gasteiger partial charge in [-0.3, -0.25) is 10.1 Å². The number of fused-ring (bicyclic) bond motifs is 1. The van der Waals surface area contributed by atoms with Crippen molar-refractivity contribution in [1.82, 2.24) is 9.88 Å². The maximum absolute atomic E-state index is 12.3. The van der Waals surface area contributed by atoms with Crippen LogP contribution in [-0.2, 0) is 17.7 Å². The van der Waals surface area contributed by atoms with Gasteiger partial charge in [0, 0.05) is 28.4 Å². The van der Waals surface area contributed by atoms with Crippen molar-refractivity contribution >= 4 is 40.1 Å². The van der Waals surface area contributed by atoms with E-state index in [9.17, 15) is 9.59 Å². The van der Waals surface area contributed by atoms with Crippen molar-refractivity contribution in [1.29, 1.82) is 0 Å². The number of carbonyl (C=O) groups is 2. The molecule has 138 valence electrons. The number of halogens is 1. The molecule has 1 aliphatic heterocycles. The fourth-order valence-electron chi connectivity index (χ4n) is 2.50. The average Bonchev–Trinajstić information content (AvgIpc) is 2.95. The standard InChI is InChI=1S/C18H20ClN3O3S/c1-18(2,3)25-17(24)22-9-8-13-14(10-22)26-16(20-13)21-15(23)11-4-6-12(19)7-5-11/h4-7H,8-10H2,1-3H3,(H,20,21,23). The maximum atomic E-state index is 12.3. The van der Waals surface area contributed by atoms with E-state index in [-0.39, 0.29) is 12.0 Å². The minimum absolute atomic E-state index is 0.239. The third-order valence-electron chi connectivity index (χ3n) is 3.71. The van der Waals surface area contributed by atoms with Gasteiger partial charge in [-0.05, 0) is 45.0 Å². The Morgan fingerprint density at radius 1 is 1.27 bits per heavy atom. The molecule has 1 N–H and O–H groups in total. The molecule has 0 aliphatic carbocycles. The Hall–Kier alpha value is -2.12. The minimum Gasteiger partial charge on any atom is -0.444 e. The molecule has 1 aromatic carbocycles. The minimum atomic E-state index is -0.525. The molecular weight excluding hydrogens is 374 g/mol. The number of thiazole rings is 1. The number of nitrogens with zero attached hydrogens (tertiary/aromatic N) is 2. The highest BCUT2D eigenvalue weighted by Crippen LogP contribution is 2.29. The van der Waals surface area contributed by atoms with Crippen LogP contribution in [0.25, 0.3) is 0 Å². The van der Waals surface area contributed by atoms with Crippen LogP contribution in [0, 0.1) is 0 Å². The second-order valence-electron chi connectivity index (χ2n) is 7.00. The highest BCUT2D eigenvalue weighted by atomic mass is 35.5. The fraction of sp³-hybridized carbons (Fsp3) is 0.389. The molecule has 1 aromatic heterocycles. The Balaban J connectivity index is 1.66. The van der Waals surface area contributed by atoms with Crippen molar-refractivity contribution in [3.8, 4) is 0 Å². The summed E-state index contributed by atoms with van der Waals surface area (Å²) < 4.78 is 5.42. The fourth-order valence-corrected chi connectivity index (χ4v) is 3.65. The number of amides is 2. The van der Waals surface area contributed by atoms with Crippen molar-refractivity contribution in [3.63, 3.8) is 0 Å². The van der Waals surface area contributed by atoms with E-state index in [1.54, 1.807) is 29.2 Å². The molecule has 0 spiro atoms. The molecule has 1 aliphatic rings. The Morgan fingerprint density at radius 2 is 1.96 bits per heavy atom. The average molecular weight is 394 g/mol. The largest absolute Gasteiger partial charge is 0.444 e. The summed E-state index contributed by atoms with van der Waals surface area (Å²) in [6, 6.07) is 6.66. The zero-order valence-corrected chi connectivity index (χ0v) is 16.4. The van der Waals surface area contributed by atoms with Gasteiger partial charge in [0.2, 0.25) is 0 Å². The van der Waals surface area contributed by atoms with Gasteiger partial charge in [0.25, 0.3) is 5.91 Å². The lowest BCUT2D eigenvalue weighted by Gasteiger charge is -2.29. The van der Waals surface area contributed by atoms with E-state index in [1.165, 1.54) is 11.3 Å². The lowest BCUT2D eigenvalue weighted by Crippen LogP contribution is -2.39. The molecule has 0 bridgehead atoms. The quantitative estimate of drug-likeness (QED) is 0.823. The van der Waals surface area contributed by atoms with E-state index in [0.717, 1.165) is 10.6 Å². The molecule has 3 rings (SSSR count). The molecule has 0 fully saturated rings. The number of hydrogen-bond donors (Lipinski definition) is 1. The molecular formula is C18H20ClN3O3S.